The largest absolute Gasteiger partial charge is 0.338 e. The van der Waals surface area contributed by atoms with Gasteiger partial charge in [0.2, 0.25) is 11.9 Å². The highest BCUT2D eigenvalue weighted by molar-refractivity contribution is 5.95. The number of carbonyl (C=O) groups is 1. The van der Waals surface area contributed by atoms with Crippen LogP contribution in [0.25, 0.3) is 0 Å². The number of rotatable bonds is 4. The lowest BCUT2D eigenvalue weighted by atomic mass is 10.2. The van der Waals surface area contributed by atoms with Crippen molar-refractivity contribution in [1.82, 2.24) is 29.7 Å². The number of aromatic nitrogens is 4. The minimum Gasteiger partial charge on any atom is -0.338 e. The van der Waals surface area contributed by atoms with Crippen LogP contribution in [-0.4, -0.2) is 94.5 Å². The molecule has 2 aliphatic heterocycles. The molecule has 0 aromatic carbocycles. The Morgan fingerprint density at radius 1 is 0.897 bits per heavy atom. The molecule has 2 aliphatic rings. The fourth-order valence-corrected chi connectivity index (χ4v) is 3.82. The summed E-state index contributed by atoms with van der Waals surface area (Å²) in [5.74, 6) is 1.44. The minimum atomic E-state index is -0.00141. The molecular formula is C20H28N8O. The highest BCUT2D eigenvalue weighted by Gasteiger charge is 2.26. The van der Waals surface area contributed by atoms with Crippen molar-refractivity contribution >= 4 is 17.8 Å². The molecule has 0 N–H and O–H groups in total. The number of amides is 1. The number of nitrogens with zero attached hydrogens (tertiary/aromatic N) is 8. The van der Waals surface area contributed by atoms with Crippen LogP contribution in [-0.2, 0) is 0 Å². The highest BCUT2D eigenvalue weighted by Crippen LogP contribution is 2.17. The van der Waals surface area contributed by atoms with Crippen LogP contribution in [0.1, 0.15) is 23.0 Å². The molecule has 0 atom stereocenters. The second-order valence-electron chi connectivity index (χ2n) is 7.42. The van der Waals surface area contributed by atoms with E-state index < -0.39 is 0 Å². The maximum absolute atomic E-state index is 13.0. The first-order chi connectivity index (χ1) is 14.2. The summed E-state index contributed by atoms with van der Waals surface area (Å²) in [6.07, 6.45) is 5.17. The summed E-state index contributed by atoms with van der Waals surface area (Å²) in [5.41, 5.74) is 1.33. The van der Waals surface area contributed by atoms with E-state index in [0.29, 0.717) is 24.6 Å². The zero-order chi connectivity index (χ0) is 20.2. The zero-order valence-corrected chi connectivity index (χ0v) is 17.2. The first kappa shape index (κ1) is 19.5. The Kier molecular flexibility index (Phi) is 5.84. The molecular weight excluding hydrogens is 368 g/mol. The van der Waals surface area contributed by atoms with Crippen LogP contribution in [0.4, 0.5) is 11.9 Å². The van der Waals surface area contributed by atoms with Crippen molar-refractivity contribution in [1.29, 1.82) is 0 Å². The number of piperazine rings is 2. The van der Waals surface area contributed by atoms with Gasteiger partial charge in [0.05, 0.1) is 11.3 Å². The van der Waals surface area contributed by atoms with E-state index in [1.807, 2.05) is 11.8 Å². The van der Waals surface area contributed by atoms with Gasteiger partial charge in [-0.15, -0.1) is 0 Å². The number of hydrogen-bond acceptors (Lipinski definition) is 8. The Morgan fingerprint density at radius 2 is 1.52 bits per heavy atom. The van der Waals surface area contributed by atoms with Gasteiger partial charge in [-0.1, -0.05) is 6.92 Å². The Bertz CT molecular complexity index is 830. The zero-order valence-electron chi connectivity index (χ0n) is 17.2. The van der Waals surface area contributed by atoms with Crippen LogP contribution in [0.2, 0.25) is 0 Å². The first-order valence-corrected chi connectivity index (χ1v) is 10.3. The van der Waals surface area contributed by atoms with Crippen molar-refractivity contribution in [2.24, 2.45) is 0 Å². The third-order valence-corrected chi connectivity index (χ3v) is 5.70. The summed E-state index contributed by atoms with van der Waals surface area (Å²) in [6, 6.07) is 1.80. The van der Waals surface area contributed by atoms with Gasteiger partial charge < -0.3 is 19.6 Å². The number of aryl methyl sites for hydroxylation is 1. The van der Waals surface area contributed by atoms with Crippen molar-refractivity contribution in [2.45, 2.75) is 13.8 Å². The molecule has 0 aliphatic carbocycles. The van der Waals surface area contributed by atoms with E-state index in [0.717, 1.165) is 57.5 Å². The minimum absolute atomic E-state index is 0.00141. The summed E-state index contributed by atoms with van der Waals surface area (Å²) in [6.45, 7) is 11.8. The molecule has 0 spiro atoms. The van der Waals surface area contributed by atoms with Gasteiger partial charge in [0.25, 0.3) is 5.91 Å². The predicted molar refractivity (Wildman–Crippen MR) is 111 cm³/mol. The lowest BCUT2D eigenvalue weighted by Gasteiger charge is -2.35. The van der Waals surface area contributed by atoms with E-state index in [2.05, 4.69) is 41.6 Å². The molecule has 2 aromatic heterocycles. The van der Waals surface area contributed by atoms with Crippen LogP contribution in [0.15, 0.2) is 24.7 Å². The summed E-state index contributed by atoms with van der Waals surface area (Å²) in [7, 11) is 0. The van der Waals surface area contributed by atoms with E-state index in [-0.39, 0.29) is 5.91 Å². The van der Waals surface area contributed by atoms with Crippen molar-refractivity contribution in [3.05, 3.63) is 35.9 Å². The molecule has 0 saturated carbocycles. The average Bonchev–Trinajstić information content (AvgIpc) is 2.79. The van der Waals surface area contributed by atoms with Gasteiger partial charge in [0, 0.05) is 70.9 Å². The van der Waals surface area contributed by atoms with Gasteiger partial charge in [-0.2, -0.15) is 0 Å². The van der Waals surface area contributed by atoms with Gasteiger partial charge in [-0.05, 0) is 19.5 Å². The van der Waals surface area contributed by atoms with Crippen LogP contribution in [0, 0.1) is 6.92 Å². The Hall–Kier alpha value is -2.81. The highest BCUT2D eigenvalue weighted by atomic mass is 16.2. The Balaban J connectivity index is 1.38. The molecule has 0 unspecified atom stereocenters. The van der Waals surface area contributed by atoms with Gasteiger partial charge >= 0.3 is 0 Å². The van der Waals surface area contributed by atoms with Crippen LogP contribution < -0.4 is 9.80 Å². The molecule has 4 heterocycles. The molecule has 4 rings (SSSR count). The maximum atomic E-state index is 13.0. The SMILES string of the molecule is CCN1CCN(c2ncc(C(=O)N3CCN(c4ncccn4)CC3)c(C)n2)CC1. The molecule has 0 radical (unpaired) electrons. The van der Waals surface area contributed by atoms with E-state index in [9.17, 15) is 4.79 Å². The van der Waals surface area contributed by atoms with E-state index in [1.165, 1.54) is 0 Å². The standard InChI is InChI=1S/C20H28N8O/c1-3-25-7-9-28(10-8-25)20-23-15-17(16(2)24-20)18(29)26-11-13-27(14-12-26)19-21-5-4-6-22-19/h4-6,15H,3,7-14H2,1-2H3. The smallest absolute Gasteiger partial charge is 0.257 e. The summed E-state index contributed by atoms with van der Waals surface area (Å²) < 4.78 is 0. The summed E-state index contributed by atoms with van der Waals surface area (Å²) in [5, 5.41) is 0. The summed E-state index contributed by atoms with van der Waals surface area (Å²) >= 11 is 0. The van der Waals surface area contributed by atoms with Crippen molar-refractivity contribution in [3.8, 4) is 0 Å². The molecule has 2 saturated heterocycles. The third kappa shape index (κ3) is 4.29. The fraction of sp³-hybridized carbons (Fsp3) is 0.550. The van der Waals surface area contributed by atoms with Crippen molar-refractivity contribution in [3.63, 3.8) is 0 Å². The Labute approximate surface area is 171 Å². The van der Waals surface area contributed by atoms with Gasteiger partial charge in [0.1, 0.15) is 0 Å². The first-order valence-electron chi connectivity index (χ1n) is 10.3. The molecule has 2 fully saturated rings. The number of likely N-dealkylation sites (N-methyl/N-ethyl adjacent to an activating group) is 1. The van der Waals surface area contributed by atoms with Gasteiger partial charge in [-0.25, -0.2) is 19.9 Å². The lowest BCUT2D eigenvalue weighted by molar-refractivity contribution is 0.0744. The van der Waals surface area contributed by atoms with E-state index in [1.54, 1.807) is 24.7 Å². The average molecular weight is 396 g/mol. The number of hydrogen-bond donors (Lipinski definition) is 0. The summed E-state index contributed by atoms with van der Waals surface area (Å²) in [4.78, 5) is 39.3. The predicted octanol–water partition coefficient (Wildman–Crippen LogP) is 0.679. The monoisotopic (exact) mass is 396 g/mol. The molecule has 154 valence electrons. The molecule has 1 amide bonds. The van der Waals surface area contributed by atoms with E-state index >= 15 is 0 Å². The number of carbonyl (C=O) groups excluding carboxylic acids is 1. The van der Waals surface area contributed by atoms with Crippen LogP contribution >= 0.6 is 0 Å². The maximum Gasteiger partial charge on any atom is 0.257 e. The van der Waals surface area contributed by atoms with Crippen molar-refractivity contribution in [2.75, 3.05) is 68.7 Å². The normalized spacial score (nSPS) is 18.2. The van der Waals surface area contributed by atoms with E-state index in [4.69, 9.17) is 0 Å². The molecule has 29 heavy (non-hydrogen) atoms. The topological polar surface area (TPSA) is 81.6 Å². The van der Waals surface area contributed by atoms with Crippen molar-refractivity contribution < 1.29 is 4.79 Å². The molecule has 9 heteroatoms. The van der Waals surface area contributed by atoms with Crippen LogP contribution in [0.3, 0.4) is 0 Å². The molecule has 0 bridgehead atoms. The Morgan fingerprint density at radius 3 is 2.14 bits per heavy atom. The quantitative estimate of drug-likeness (QED) is 0.746. The fourth-order valence-electron chi connectivity index (χ4n) is 3.82. The molecule has 2 aromatic rings. The lowest BCUT2D eigenvalue weighted by Crippen LogP contribution is -2.49. The second-order valence-corrected chi connectivity index (χ2v) is 7.42. The van der Waals surface area contributed by atoms with Gasteiger partial charge in [-0.3, -0.25) is 4.79 Å². The second kappa shape index (κ2) is 8.69. The van der Waals surface area contributed by atoms with Crippen LogP contribution in [0.5, 0.6) is 0 Å². The number of anilines is 2. The molecule has 9 nitrogen and oxygen atoms in total. The van der Waals surface area contributed by atoms with Gasteiger partial charge in [0.15, 0.2) is 0 Å². The third-order valence-electron chi connectivity index (χ3n) is 5.70.